The van der Waals surface area contributed by atoms with Crippen LogP contribution in [0.5, 0.6) is 5.75 Å². The number of para-hydroxylation sites is 1. The van der Waals surface area contributed by atoms with Gasteiger partial charge in [0.25, 0.3) is 5.91 Å². The highest BCUT2D eigenvalue weighted by Crippen LogP contribution is 2.33. The van der Waals surface area contributed by atoms with Gasteiger partial charge in [-0.3, -0.25) is 4.79 Å². The molecule has 5 nitrogen and oxygen atoms in total. The second-order valence-electron chi connectivity index (χ2n) is 7.90. The Morgan fingerprint density at radius 3 is 2.53 bits per heavy atom. The third-order valence-electron chi connectivity index (χ3n) is 5.22. The molecule has 3 N–H and O–H groups in total. The average molecular weight is 402 g/mol. The molecule has 0 radical (unpaired) electrons. The summed E-state index contributed by atoms with van der Waals surface area (Å²) in [6, 6.07) is 25.8. The Bertz CT molecular complexity index is 992. The molecular formula is C25H27N3O2. The van der Waals surface area contributed by atoms with Gasteiger partial charge in [-0.1, -0.05) is 48.5 Å². The molecule has 1 heterocycles. The summed E-state index contributed by atoms with van der Waals surface area (Å²) >= 11 is 0. The third kappa shape index (κ3) is 4.92. The van der Waals surface area contributed by atoms with Crippen LogP contribution in [0.1, 0.15) is 22.8 Å². The Morgan fingerprint density at radius 2 is 1.77 bits per heavy atom. The minimum atomic E-state index is -0.286. The van der Waals surface area contributed by atoms with Crippen molar-refractivity contribution in [2.45, 2.75) is 18.9 Å². The maximum atomic E-state index is 12.6. The van der Waals surface area contributed by atoms with Gasteiger partial charge in [-0.2, -0.15) is 0 Å². The van der Waals surface area contributed by atoms with Gasteiger partial charge < -0.3 is 20.7 Å². The zero-order chi connectivity index (χ0) is 20.8. The Hall–Kier alpha value is -3.47. The first-order valence-corrected chi connectivity index (χ1v) is 10.3. The number of hydrogen-bond acceptors (Lipinski definition) is 4. The van der Waals surface area contributed by atoms with E-state index in [0.29, 0.717) is 25.3 Å². The number of carbonyl (C=O) groups is 1. The molecule has 0 fully saturated rings. The van der Waals surface area contributed by atoms with Gasteiger partial charge >= 0.3 is 0 Å². The van der Waals surface area contributed by atoms with Gasteiger partial charge in [0.2, 0.25) is 0 Å². The van der Waals surface area contributed by atoms with Crippen LogP contribution < -0.4 is 20.7 Å². The molecule has 30 heavy (non-hydrogen) atoms. The van der Waals surface area contributed by atoms with Crippen LogP contribution in [0.4, 0.5) is 11.4 Å². The monoisotopic (exact) mass is 401 g/mol. The maximum Gasteiger partial charge on any atom is 0.251 e. The van der Waals surface area contributed by atoms with Crippen LogP contribution in [0, 0.1) is 0 Å². The predicted molar refractivity (Wildman–Crippen MR) is 121 cm³/mol. The molecule has 1 amide bonds. The van der Waals surface area contributed by atoms with Crippen molar-refractivity contribution < 1.29 is 9.53 Å². The minimum absolute atomic E-state index is 0.0785. The van der Waals surface area contributed by atoms with Crippen LogP contribution in [0.3, 0.4) is 0 Å². The molecule has 3 aromatic rings. The Kier molecular flexibility index (Phi) is 5.89. The van der Waals surface area contributed by atoms with E-state index in [9.17, 15) is 4.79 Å². The first kappa shape index (κ1) is 19.8. The number of amides is 1. The summed E-state index contributed by atoms with van der Waals surface area (Å²) in [6.45, 7) is 3.95. The lowest BCUT2D eigenvalue weighted by Gasteiger charge is -2.37. The number of benzene rings is 3. The van der Waals surface area contributed by atoms with Crippen LogP contribution in [-0.2, 0) is 6.42 Å². The molecule has 1 unspecified atom stereocenters. The van der Waals surface area contributed by atoms with Gasteiger partial charge in [0, 0.05) is 24.3 Å². The molecule has 4 rings (SSSR count). The Balaban J connectivity index is 1.36. The molecule has 5 heteroatoms. The standard InChI is InChI=1S/C25H27N3O2/c1-25(17-27-21-10-6-3-7-11-21)18-30-23-13-12-20(16-22(23)28-25)24(29)26-15-14-19-8-4-2-5-9-19/h2-13,16,27-28H,14-15,17-18H2,1H3,(H,26,29). The number of hydrogen-bond donors (Lipinski definition) is 3. The molecular weight excluding hydrogens is 374 g/mol. The van der Waals surface area contributed by atoms with E-state index in [0.717, 1.165) is 23.5 Å². The number of ether oxygens (including phenoxy) is 1. The van der Waals surface area contributed by atoms with Crippen molar-refractivity contribution in [3.8, 4) is 5.75 Å². The van der Waals surface area contributed by atoms with E-state index in [1.807, 2.05) is 66.7 Å². The van der Waals surface area contributed by atoms with Crippen LogP contribution in [0.15, 0.2) is 78.9 Å². The molecule has 1 aliphatic rings. The molecule has 0 aromatic heterocycles. The molecule has 154 valence electrons. The molecule has 0 aliphatic carbocycles. The number of rotatable bonds is 7. The van der Waals surface area contributed by atoms with Gasteiger partial charge in [0.1, 0.15) is 12.4 Å². The van der Waals surface area contributed by atoms with Crippen molar-refractivity contribution in [1.82, 2.24) is 5.32 Å². The van der Waals surface area contributed by atoms with Crippen molar-refractivity contribution >= 4 is 17.3 Å². The van der Waals surface area contributed by atoms with E-state index < -0.39 is 0 Å². The molecule has 0 saturated carbocycles. The van der Waals surface area contributed by atoms with Gasteiger partial charge in [-0.05, 0) is 49.2 Å². The van der Waals surface area contributed by atoms with Gasteiger partial charge in [0.15, 0.2) is 0 Å². The zero-order valence-corrected chi connectivity index (χ0v) is 17.2. The van der Waals surface area contributed by atoms with Gasteiger partial charge in [-0.25, -0.2) is 0 Å². The summed E-state index contributed by atoms with van der Waals surface area (Å²) in [7, 11) is 0. The van der Waals surface area contributed by atoms with E-state index in [1.165, 1.54) is 5.56 Å². The molecule has 1 aliphatic heterocycles. The second kappa shape index (κ2) is 8.91. The van der Waals surface area contributed by atoms with E-state index in [1.54, 1.807) is 0 Å². The van der Waals surface area contributed by atoms with E-state index in [2.05, 4.69) is 35.0 Å². The quantitative estimate of drug-likeness (QED) is 0.551. The topological polar surface area (TPSA) is 62.4 Å². The summed E-state index contributed by atoms with van der Waals surface area (Å²) in [5.74, 6) is 0.693. The van der Waals surface area contributed by atoms with Gasteiger partial charge in [-0.15, -0.1) is 0 Å². The Morgan fingerprint density at radius 1 is 1.03 bits per heavy atom. The van der Waals surface area contributed by atoms with Crippen molar-refractivity contribution in [1.29, 1.82) is 0 Å². The number of carbonyl (C=O) groups excluding carboxylic acids is 1. The highest BCUT2D eigenvalue weighted by atomic mass is 16.5. The first-order chi connectivity index (χ1) is 14.6. The van der Waals surface area contributed by atoms with Crippen molar-refractivity contribution in [2.75, 3.05) is 30.3 Å². The first-order valence-electron chi connectivity index (χ1n) is 10.3. The molecule has 0 spiro atoms. The largest absolute Gasteiger partial charge is 0.489 e. The number of fused-ring (bicyclic) bond motifs is 1. The fourth-order valence-electron chi connectivity index (χ4n) is 3.51. The Labute approximate surface area is 177 Å². The molecule has 0 saturated heterocycles. The van der Waals surface area contributed by atoms with Crippen molar-refractivity contribution in [3.63, 3.8) is 0 Å². The maximum absolute atomic E-state index is 12.6. The fraction of sp³-hybridized carbons (Fsp3) is 0.240. The SMILES string of the molecule is CC1(CNc2ccccc2)COc2ccc(C(=O)NCCc3ccccc3)cc2N1. The molecule has 0 bridgehead atoms. The lowest BCUT2D eigenvalue weighted by atomic mass is 10.00. The predicted octanol–water partition coefficient (Wildman–Crippen LogP) is 4.33. The third-order valence-corrected chi connectivity index (χ3v) is 5.22. The van der Waals surface area contributed by atoms with Crippen molar-refractivity contribution in [3.05, 3.63) is 90.0 Å². The van der Waals surface area contributed by atoms with Crippen LogP contribution >= 0.6 is 0 Å². The summed E-state index contributed by atoms with van der Waals surface area (Å²) in [5, 5.41) is 10.00. The minimum Gasteiger partial charge on any atom is -0.489 e. The number of anilines is 2. The fourth-order valence-corrected chi connectivity index (χ4v) is 3.51. The second-order valence-corrected chi connectivity index (χ2v) is 7.90. The van der Waals surface area contributed by atoms with Crippen LogP contribution in [0.25, 0.3) is 0 Å². The molecule has 1 atom stereocenters. The summed E-state index contributed by atoms with van der Waals surface area (Å²) in [6.07, 6.45) is 0.808. The van der Waals surface area contributed by atoms with E-state index >= 15 is 0 Å². The number of nitrogens with one attached hydrogen (secondary N) is 3. The highest BCUT2D eigenvalue weighted by molar-refractivity contribution is 5.95. The van der Waals surface area contributed by atoms with Crippen LogP contribution in [-0.4, -0.2) is 31.1 Å². The normalized spacial score (nSPS) is 17.2. The van der Waals surface area contributed by atoms with Crippen molar-refractivity contribution in [2.24, 2.45) is 0 Å². The van der Waals surface area contributed by atoms with Crippen LogP contribution in [0.2, 0.25) is 0 Å². The average Bonchev–Trinajstić information content (AvgIpc) is 2.78. The highest BCUT2D eigenvalue weighted by Gasteiger charge is 2.31. The van der Waals surface area contributed by atoms with Gasteiger partial charge in [0.05, 0.1) is 11.2 Å². The lowest BCUT2D eigenvalue weighted by Crippen LogP contribution is -2.49. The lowest BCUT2D eigenvalue weighted by molar-refractivity contribution is 0.0954. The molecule has 3 aromatic carbocycles. The van der Waals surface area contributed by atoms with E-state index in [-0.39, 0.29) is 11.4 Å². The van der Waals surface area contributed by atoms with E-state index in [4.69, 9.17) is 4.74 Å². The summed E-state index contributed by atoms with van der Waals surface area (Å²) in [4.78, 5) is 12.6. The smallest absolute Gasteiger partial charge is 0.251 e. The zero-order valence-electron chi connectivity index (χ0n) is 17.2. The summed E-state index contributed by atoms with van der Waals surface area (Å²) in [5.41, 5.74) is 3.45. The summed E-state index contributed by atoms with van der Waals surface area (Å²) < 4.78 is 5.97.